The molecule has 1 fully saturated rings. The Morgan fingerprint density at radius 2 is 2.25 bits per heavy atom. The quantitative estimate of drug-likeness (QED) is 0.538. The van der Waals surface area contributed by atoms with Crippen molar-refractivity contribution in [2.45, 2.75) is 39.5 Å². The molecule has 0 aromatic rings. The summed E-state index contributed by atoms with van der Waals surface area (Å²) in [4.78, 5) is 11.2. The molecule has 0 N–H and O–H groups in total. The monoisotopic (exact) mass is 164 g/mol. The van der Waals surface area contributed by atoms with E-state index in [2.05, 4.69) is 13.8 Å². The van der Waals surface area contributed by atoms with E-state index in [1.54, 1.807) is 0 Å². The highest BCUT2D eigenvalue weighted by Gasteiger charge is 2.39. The third kappa shape index (κ3) is 1.12. The molecule has 1 saturated carbocycles. The van der Waals surface area contributed by atoms with E-state index in [0.29, 0.717) is 17.1 Å². The van der Waals surface area contributed by atoms with Gasteiger partial charge in [-0.05, 0) is 36.7 Å². The third-order valence-electron chi connectivity index (χ3n) is 3.43. The predicted molar refractivity (Wildman–Crippen MR) is 48.8 cm³/mol. The zero-order valence-corrected chi connectivity index (χ0v) is 7.89. The summed E-state index contributed by atoms with van der Waals surface area (Å²) in [5, 5.41) is 0. The summed E-state index contributed by atoms with van der Waals surface area (Å²) in [5.74, 6) is 0.920. The molecular formula is C11H16O. The molecule has 0 heterocycles. The van der Waals surface area contributed by atoms with Gasteiger partial charge >= 0.3 is 0 Å². The molecule has 66 valence electrons. The van der Waals surface area contributed by atoms with Gasteiger partial charge in [-0.15, -0.1) is 0 Å². The average Bonchev–Trinajstić information content (AvgIpc) is 2.30. The van der Waals surface area contributed by atoms with Crippen LogP contribution in [0.15, 0.2) is 11.6 Å². The van der Waals surface area contributed by atoms with Crippen molar-refractivity contribution in [2.24, 2.45) is 11.3 Å². The lowest BCUT2D eigenvalue weighted by Gasteiger charge is -2.37. The van der Waals surface area contributed by atoms with Crippen molar-refractivity contribution in [1.82, 2.24) is 0 Å². The fourth-order valence-corrected chi connectivity index (χ4v) is 2.65. The first-order valence-corrected chi connectivity index (χ1v) is 4.83. The highest BCUT2D eigenvalue weighted by Crippen LogP contribution is 2.47. The normalized spacial score (nSPS) is 33.0. The smallest absolute Gasteiger partial charge is 0.156 e. The van der Waals surface area contributed by atoms with Crippen LogP contribution in [0.3, 0.4) is 0 Å². The first kappa shape index (κ1) is 8.03. The van der Waals surface area contributed by atoms with Crippen LogP contribution in [0.1, 0.15) is 39.5 Å². The summed E-state index contributed by atoms with van der Waals surface area (Å²) in [5.41, 5.74) is 1.80. The van der Waals surface area contributed by atoms with Crippen molar-refractivity contribution in [2.75, 3.05) is 0 Å². The maximum absolute atomic E-state index is 11.2. The number of hydrogen-bond donors (Lipinski definition) is 0. The van der Waals surface area contributed by atoms with Crippen molar-refractivity contribution < 1.29 is 4.79 Å². The van der Waals surface area contributed by atoms with Crippen LogP contribution in [-0.4, -0.2) is 5.78 Å². The summed E-state index contributed by atoms with van der Waals surface area (Å²) in [6.45, 7) is 4.59. The van der Waals surface area contributed by atoms with Crippen LogP contribution in [0.4, 0.5) is 0 Å². The molecule has 0 amide bonds. The molecule has 0 aliphatic heterocycles. The van der Waals surface area contributed by atoms with Gasteiger partial charge in [-0.1, -0.05) is 19.4 Å². The zero-order valence-electron chi connectivity index (χ0n) is 7.89. The molecule has 12 heavy (non-hydrogen) atoms. The van der Waals surface area contributed by atoms with E-state index in [9.17, 15) is 4.79 Å². The molecular weight excluding hydrogens is 148 g/mol. The largest absolute Gasteiger partial charge is 0.295 e. The third-order valence-corrected chi connectivity index (χ3v) is 3.43. The molecule has 1 atom stereocenters. The van der Waals surface area contributed by atoms with Crippen molar-refractivity contribution >= 4 is 5.78 Å². The fourth-order valence-electron chi connectivity index (χ4n) is 2.65. The molecule has 1 unspecified atom stereocenters. The molecule has 1 heteroatoms. The van der Waals surface area contributed by atoms with E-state index < -0.39 is 0 Å². The second-order valence-corrected chi connectivity index (χ2v) is 4.78. The number of rotatable bonds is 0. The summed E-state index contributed by atoms with van der Waals surface area (Å²) in [6, 6.07) is 0. The van der Waals surface area contributed by atoms with E-state index in [0.717, 1.165) is 6.42 Å². The van der Waals surface area contributed by atoms with Crippen LogP contribution in [0.5, 0.6) is 0 Å². The lowest BCUT2D eigenvalue weighted by molar-refractivity contribution is -0.115. The Morgan fingerprint density at radius 1 is 1.50 bits per heavy atom. The number of carbonyl (C=O) groups is 1. The van der Waals surface area contributed by atoms with Crippen LogP contribution in [0.2, 0.25) is 0 Å². The molecule has 2 aliphatic carbocycles. The van der Waals surface area contributed by atoms with Gasteiger partial charge < -0.3 is 0 Å². The zero-order chi connectivity index (χ0) is 8.77. The van der Waals surface area contributed by atoms with Gasteiger partial charge in [0.15, 0.2) is 5.78 Å². The number of ketones is 1. The van der Waals surface area contributed by atoms with Crippen molar-refractivity contribution in [3.63, 3.8) is 0 Å². The minimum Gasteiger partial charge on any atom is -0.295 e. The molecule has 0 radical (unpaired) electrons. The summed E-state index contributed by atoms with van der Waals surface area (Å²) >= 11 is 0. The summed E-state index contributed by atoms with van der Waals surface area (Å²) in [7, 11) is 0. The van der Waals surface area contributed by atoms with E-state index in [4.69, 9.17) is 0 Å². The maximum atomic E-state index is 11.2. The molecule has 0 aromatic heterocycles. The first-order valence-electron chi connectivity index (χ1n) is 4.83. The van der Waals surface area contributed by atoms with Crippen LogP contribution in [0.25, 0.3) is 0 Å². The van der Waals surface area contributed by atoms with E-state index in [1.807, 2.05) is 6.08 Å². The number of hydrogen-bond acceptors (Lipinski definition) is 1. The molecule has 2 rings (SSSR count). The van der Waals surface area contributed by atoms with E-state index in [1.165, 1.54) is 24.8 Å². The predicted octanol–water partition coefficient (Wildman–Crippen LogP) is 2.71. The Balaban J connectivity index is 2.28. The second-order valence-electron chi connectivity index (χ2n) is 4.78. The van der Waals surface area contributed by atoms with Gasteiger partial charge in [-0.3, -0.25) is 4.79 Å². The lowest BCUT2D eigenvalue weighted by atomic mass is 9.67. The Morgan fingerprint density at radius 3 is 2.92 bits per heavy atom. The fraction of sp³-hybridized carbons (Fsp3) is 0.727. The molecule has 0 bridgehead atoms. The van der Waals surface area contributed by atoms with Gasteiger partial charge in [0.1, 0.15) is 0 Å². The van der Waals surface area contributed by atoms with Crippen LogP contribution in [-0.2, 0) is 4.79 Å². The van der Waals surface area contributed by atoms with Crippen LogP contribution in [0, 0.1) is 11.3 Å². The van der Waals surface area contributed by atoms with Crippen molar-refractivity contribution in [1.29, 1.82) is 0 Å². The topological polar surface area (TPSA) is 17.1 Å². The Kier molecular flexibility index (Phi) is 1.64. The number of allylic oxidation sites excluding steroid dienone is 2. The highest BCUT2D eigenvalue weighted by atomic mass is 16.1. The number of fused-ring (bicyclic) bond motifs is 1. The SMILES string of the molecule is CC1(C)CCCC2=CC(=O)CC21. The molecule has 0 aromatic carbocycles. The Hall–Kier alpha value is -0.590. The van der Waals surface area contributed by atoms with Crippen molar-refractivity contribution in [3.8, 4) is 0 Å². The number of carbonyl (C=O) groups excluding carboxylic acids is 1. The molecule has 2 aliphatic rings. The maximum Gasteiger partial charge on any atom is 0.156 e. The second kappa shape index (κ2) is 2.45. The standard InChI is InChI=1S/C11H16O/c1-11(2)5-3-4-8-6-9(12)7-10(8)11/h6,10H,3-5,7H2,1-2H3. The van der Waals surface area contributed by atoms with E-state index in [-0.39, 0.29) is 0 Å². The van der Waals surface area contributed by atoms with E-state index >= 15 is 0 Å². The average molecular weight is 164 g/mol. The van der Waals surface area contributed by atoms with Gasteiger partial charge in [0, 0.05) is 6.42 Å². The van der Waals surface area contributed by atoms with Crippen LogP contribution < -0.4 is 0 Å². The molecule has 0 spiro atoms. The molecule has 0 saturated heterocycles. The Labute approximate surface area is 73.8 Å². The van der Waals surface area contributed by atoms with Gasteiger partial charge in [0.05, 0.1) is 0 Å². The minimum absolute atomic E-state index is 0.352. The van der Waals surface area contributed by atoms with Crippen LogP contribution >= 0.6 is 0 Å². The lowest BCUT2D eigenvalue weighted by Crippen LogP contribution is -2.28. The molecule has 1 nitrogen and oxygen atoms in total. The minimum atomic E-state index is 0.352. The first-order chi connectivity index (χ1) is 5.59. The van der Waals surface area contributed by atoms with Gasteiger partial charge in [0.25, 0.3) is 0 Å². The van der Waals surface area contributed by atoms with Crippen molar-refractivity contribution in [3.05, 3.63) is 11.6 Å². The summed E-state index contributed by atoms with van der Waals surface area (Å²) in [6.07, 6.45) is 6.39. The van der Waals surface area contributed by atoms with Gasteiger partial charge in [-0.2, -0.15) is 0 Å². The summed E-state index contributed by atoms with van der Waals surface area (Å²) < 4.78 is 0. The van der Waals surface area contributed by atoms with Gasteiger partial charge in [-0.25, -0.2) is 0 Å². The van der Waals surface area contributed by atoms with Gasteiger partial charge in [0.2, 0.25) is 0 Å². The Bertz CT molecular complexity index is 248. The highest BCUT2D eigenvalue weighted by molar-refractivity contribution is 5.93.